The summed E-state index contributed by atoms with van der Waals surface area (Å²) in [4.78, 5) is 24.0. The predicted octanol–water partition coefficient (Wildman–Crippen LogP) is 0.612. The number of nitrogens with two attached hydrogens (primary N) is 1. The lowest BCUT2D eigenvalue weighted by molar-refractivity contribution is -0.133. The van der Waals surface area contributed by atoms with Crippen LogP contribution in [0.5, 0.6) is 0 Å². The Kier molecular flexibility index (Phi) is 4.10. The maximum absolute atomic E-state index is 11.4. The number of nitrogens with zero attached hydrogens (tertiary/aromatic N) is 1. The minimum atomic E-state index is -0.633. The first-order valence-corrected chi connectivity index (χ1v) is 4.69. The molecule has 0 aliphatic rings. The second kappa shape index (κ2) is 4.44. The van der Waals surface area contributed by atoms with Crippen LogP contribution in [0.2, 0.25) is 0 Å². The Balaban J connectivity index is 4.42. The zero-order valence-corrected chi connectivity index (χ0v) is 9.63. The van der Waals surface area contributed by atoms with Gasteiger partial charge in [-0.05, 0) is 5.92 Å². The Labute approximate surface area is 85.4 Å². The zero-order valence-electron chi connectivity index (χ0n) is 9.63. The molecule has 0 aliphatic carbocycles. The second-order valence-corrected chi connectivity index (χ2v) is 4.48. The van der Waals surface area contributed by atoms with Crippen molar-refractivity contribution in [3.8, 4) is 0 Å². The van der Waals surface area contributed by atoms with Crippen LogP contribution in [0.4, 0.5) is 0 Å². The minimum Gasteiger partial charge on any atom is -0.369 e. The lowest BCUT2D eigenvalue weighted by atomic mass is 9.77. The molecule has 1 unspecified atom stereocenters. The van der Waals surface area contributed by atoms with Crippen molar-refractivity contribution >= 4 is 11.8 Å². The van der Waals surface area contributed by atoms with Crippen molar-refractivity contribution in [2.24, 2.45) is 17.1 Å². The van der Waals surface area contributed by atoms with E-state index in [1.807, 2.05) is 6.92 Å². The summed E-state index contributed by atoms with van der Waals surface area (Å²) in [6, 6.07) is 0. The van der Waals surface area contributed by atoms with Gasteiger partial charge in [-0.2, -0.15) is 0 Å². The summed E-state index contributed by atoms with van der Waals surface area (Å²) in [5.41, 5.74) is 4.63. The van der Waals surface area contributed by atoms with Gasteiger partial charge in [0.2, 0.25) is 11.8 Å². The molecule has 82 valence electrons. The minimum absolute atomic E-state index is 0.0202. The molecule has 0 saturated carbocycles. The Morgan fingerprint density at radius 2 is 1.79 bits per heavy atom. The highest BCUT2D eigenvalue weighted by Gasteiger charge is 2.33. The van der Waals surface area contributed by atoms with Crippen molar-refractivity contribution in [1.29, 1.82) is 0 Å². The molecule has 0 radical (unpaired) electrons. The van der Waals surface area contributed by atoms with Gasteiger partial charge in [-0.3, -0.25) is 9.59 Å². The molecule has 0 bridgehead atoms. The van der Waals surface area contributed by atoms with Crippen LogP contribution < -0.4 is 5.73 Å². The monoisotopic (exact) mass is 200 g/mol. The second-order valence-electron chi connectivity index (χ2n) is 4.48. The summed E-state index contributed by atoms with van der Waals surface area (Å²) in [5, 5.41) is 0. The van der Waals surface area contributed by atoms with Crippen LogP contribution in [0.1, 0.15) is 27.2 Å². The van der Waals surface area contributed by atoms with E-state index in [4.69, 9.17) is 5.73 Å². The normalized spacial score (nSPS) is 13.5. The number of hydrogen-bond acceptors (Lipinski definition) is 2. The molecule has 0 spiro atoms. The van der Waals surface area contributed by atoms with E-state index in [2.05, 4.69) is 0 Å². The summed E-state index contributed by atoms with van der Waals surface area (Å²) >= 11 is 0. The number of hydrogen-bond donors (Lipinski definition) is 1. The third-order valence-electron chi connectivity index (χ3n) is 2.85. The van der Waals surface area contributed by atoms with Crippen LogP contribution in [-0.4, -0.2) is 30.8 Å². The molecule has 4 nitrogen and oxygen atoms in total. The molecule has 1 atom stereocenters. The summed E-state index contributed by atoms with van der Waals surface area (Å²) in [5.74, 6) is -0.390. The van der Waals surface area contributed by atoms with Gasteiger partial charge < -0.3 is 10.6 Å². The van der Waals surface area contributed by atoms with Crippen molar-refractivity contribution in [2.45, 2.75) is 27.2 Å². The molecule has 2 N–H and O–H groups in total. The average molecular weight is 200 g/mol. The first-order chi connectivity index (χ1) is 6.19. The van der Waals surface area contributed by atoms with Gasteiger partial charge >= 0.3 is 0 Å². The van der Waals surface area contributed by atoms with Gasteiger partial charge in [0.25, 0.3) is 0 Å². The fourth-order valence-corrected chi connectivity index (χ4v) is 0.943. The molecule has 2 amide bonds. The highest BCUT2D eigenvalue weighted by molar-refractivity contribution is 5.82. The van der Waals surface area contributed by atoms with Gasteiger partial charge in [0, 0.05) is 25.9 Å². The van der Waals surface area contributed by atoms with Gasteiger partial charge in [-0.15, -0.1) is 0 Å². The van der Waals surface area contributed by atoms with Crippen LogP contribution in [0.15, 0.2) is 0 Å². The molecular weight excluding hydrogens is 180 g/mol. The third-order valence-corrected chi connectivity index (χ3v) is 2.85. The Morgan fingerprint density at radius 1 is 1.36 bits per heavy atom. The highest BCUT2D eigenvalue weighted by Crippen LogP contribution is 2.28. The van der Waals surface area contributed by atoms with E-state index >= 15 is 0 Å². The molecule has 0 aromatic carbocycles. The van der Waals surface area contributed by atoms with Crippen LogP contribution in [0, 0.1) is 11.3 Å². The van der Waals surface area contributed by atoms with Gasteiger partial charge in [0.15, 0.2) is 0 Å². The van der Waals surface area contributed by atoms with Crippen LogP contribution in [0.3, 0.4) is 0 Å². The Hall–Kier alpha value is -1.06. The van der Waals surface area contributed by atoms with E-state index in [1.54, 1.807) is 27.9 Å². The molecule has 0 heterocycles. The van der Waals surface area contributed by atoms with Crippen LogP contribution in [0.25, 0.3) is 0 Å². The van der Waals surface area contributed by atoms with Crippen molar-refractivity contribution < 1.29 is 9.59 Å². The number of amides is 2. The van der Waals surface area contributed by atoms with Crippen LogP contribution >= 0.6 is 0 Å². The lowest BCUT2D eigenvalue weighted by Crippen LogP contribution is -2.39. The molecule has 0 aliphatic heterocycles. The summed E-state index contributed by atoms with van der Waals surface area (Å²) in [7, 11) is 3.40. The largest absolute Gasteiger partial charge is 0.369 e. The molecule has 4 heteroatoms. The number of carbonyl (C=O) groups excluding carboxylic acids is 2. The van der Waals surface area contributed by atoms with Gasteiger partial charge in [-0.25, -0.2) is 0 Å². The van der Waals surface area contributed by atoms with E-state index in [9.17, 15) is 9.59 Å². The molecule has 14 heavy (non-hydrogen) atoms. The average Bonchev–Trinajstić information content (AvgIpc) is 2.03. The van der Waals surface area contributed by atoms with Gasteiger partial charge in [-0.1, -0.05) is 20.8 Å². The van der Waals surface area contributed by atoms with E-state index in [0.717, 1.165) is 0 Å². The highest BCUT2D eigenvalue weighted by atomic mass is 16.2. The molecular formula is C10H20N2O2. The van der Waals surface area contributed by atoms with E-state index in [-0.39, 0.29) is 17.7 Å². The predicted molar refractivity (Wildman–Crippen MR) is 55.5 cm³/mol. The molecule has 0 aromatic rings. The van der Waals surface area contributed by atoms with E-state index < -0.39 is 5.41 Å². The van der Waals surface area contributed by atoms with Crippen LogP contribution in [-0.2, 0) is 9.59 Å². The summed E-state index contributed by atoms with van der Waals surface area (Å²) in [6.07, 6.45) is 0.350. The smallest absolute Gasteiger partial charge is 0.223 e. The molecule has 0 fully saturated rings. The van der Waals surface area contributed by atoms with Crippen molar-refractivity contribution in [1.82, 2.24) is 4.90 Å². The third kappa shape index (κ3) is 3.01. The quantitative estimate of drug-likeness (QED) is 0.722. The number of primary amides is 1. The number of rotatable bonds is 4. The maximum Gasteiger partial charge on any atom is 0.223 e. The van der Waals surface area contributed by atoms with Crippen molar-refractivity contribution in [3.05, 3.63) is 0 Å². The van der Waals surface area contributed by atoms with Gasteiger partial charge in [0.1, 0.15) is 0 Å². The fourth-order valence-electron chi connectivity index (χ4n) is 0.943. The Morgan fingerprint density at radius 3 is 2.07 bits per heavy atom. The maximum atomic E-state index is 11.4. The standard InChI is InChI=1S/C10H20N2O2/c1-7(6-8(13)12(4)5)10(2,3)9(11)14/h7H,6H2,1-5H3,(H2,11,14). The van der Waals surface area contributed by atoms with Gasteiger partial charge in [0.05, 0.1) is 0 Å². The number of carbonyl (C=O) groups is 2. The fraction of sp³-hybridized carbons (Fsp3) is 0.800. The molecule has 0 saturated heterocycles. The first-order valence-electron chi connectivity index (χ1n) is 4.69. The summed E-state index contributed by atoms with van der Waals surface area (Å²) in [6.45, 7) is 5.40. The van der Waals surface area contributed by atoms with Crippen molar-refractivity contribution in [3.63, 3.8) is 0 Å². The summed E-state index contributed by atoms with van der Waals surface area (Å²) < 4.78 is 0. The van der Waals surface area contributed by atoms with Crippen molar-refractivity contribution in [2.75, 3.05) is 14.1 Å². The molecule has 0 aromatic heterocycles. The van der Waals surface area contributed by atoms with E-state index in [0.29, 0.717) is 6.42 Å². The van der Waals surface area contributed by atoms with E-state index in [1.165, 1.54) is 4.90 Å². The SMILES string of the molecule is CC(CC(=O)N(C)C)C(C)(C)C(N)=O. The first kappa shape index (κ1) is 12.9. The lowest BCUT2D eigenvalue weighted by Gasteiger charge is -2.28. The zero-order chi connectivity index (χ0) is 11.5. The topological polar surface area (TPSA) is 63.4 Å². The Bertz CT molecular complexity index is 234. The molecule has 0 rings (SSSR count).